The van der Waals surface area contributed by atoms with Crippen molar-refractivity contribution in [2.75, 3.05) is 98.4 Å². The molecule has 0 saturated carbocycles. The molecule has 10 N–H and O–H groups in total. The third-order valence-electron chi connectivity index (χ3n) is 11.0. The van der Waals surface area contributed by atoms with Crippen molar-refractivity contribution in [3.8, 4) is 0 Å². The van der Waals surface area contributed by atoms with Crippen molar-refractivity contribution >= 4 is 46.5 Å². The second-order valence-electron chi connectivity index (χ2n) is 15.1. The molecule has 0 aromatic carbocycles. The third-order valence-corrected chi connectivity index (χ3v) is 11.0. The van der Waals surface area contributed by atoms with Crippen molar-refractivity contribution in [3.63, 3.8) is 0 Å². The minimum absolute atomic E-state index is 0.0132. The topological polar surface area (TPSA) is 338 Å². The van der Waals surface area contributed by atoms with Crippen LogP contribution in [0.3, 0.4) is 0 Å². The number of aromatic nitrogens is 4. The standard InChI is InChI=1S/C36H56N8O16/c45-15-11-43(13-17-57-33-25(51)21(47)23(49)27(59-33)31(53)54)35-38-20-19(29(39-35)41-7-3-1-4-8-41)37-36(40-30(20)42-9-5-2-6-10-42)44(12-16-46)14-18-58-34-26(52)22(48)24(50)28(60-34)32(55)56/h21-28,33-34,45-52H,1-18H2,(H,53,54)(H,55,56)/t21-,22-,23-,24-,25+,26+,27-,28-,33+,34+/m0/s1. The summed E-state index contributed by atoms with van der Waals surface area (Å²) >= 11 is 0. The maximum atomic E-state index is 11.6. The molecule has 6 heterocycles. The first-order valence-electron chi connectivity index (χ1n) is 20.2. The minimum Gasteiger partial charge on any atom is -0.479 e. The van der Waals surface area contributed by atoms with E-state index in [0.29, 0.717) is 48.8 Å². The lowest BCUT2D eigenvalue weighted by atomic mass is 9.99. The highest BCUT2D eigenvalue weighted by Gasteiger charge is 2.48. The number of anilines is 4. The number of hydrogen-bond acceptors (Lipinski definition) is 22. The Morgan fingerprint density at radius 1 is 0.550 bits per heavy atom. The highest BCUT2D eigenvalue weighted by Crippen LogP contribution is 2.35. The van der Waals surface area contributed by atoms with E-state index in [1.165, 1.54) is 0 Å². The molecule has 2 aromatic rings. The predicted octanol–water partition coefficient (Wildman–Crippen LogP) is -4.18. The molecule has 10 atom stereocenters. The molecule has 4 aliphatic rings. The summed E-state index contributed by atoms with van der Waals surface area (Å²) in [5.74, 6) is -1.74. The van der Waals surface area contributed by atoms with Crippen LogP contribution in [0.4, 0.5) is 23.5 Å². The summed E-state index contributed by atoms with van der Waals surface area (Å²) in [5.41, 5.74) is 0.822. The molecule has 4 saturated heterocycles. The Morgan fingerprint density at radius 2 is 0.917 bits per heavy atom. The molecule has 336 valence electrons. The molecule has 0 bridgehead atoms. The van der Waals surface area contributed by atoms with Crippen molar-refractivity contribution in [1.82, 2.24) is 19.9 Å². The molecule has 0 unspecified atom stereocenters. The fourth-order valence-electron chi connectivity index (χ4n) is 7.70. The Balaban J connectivity index is 1.32. The molecule has 60 heavy (non-hydrogen) atoms. The number of hydrogen-bond donors (Lipinski definition) is 10. The maximum absolute atomic E-state index is 11.6. The van der Waals surface area contributed by atoms with Gasteiger partial charge in [-0.05, 0) is 38.5 Å². The van der Waals surface area contributed by atoms with Crippen molar-refractivity contribution in [3.05, 3.63) is 0 Å². The number of fused-ring (bicyclic) bond motifs is 1. The van der Waals surface area contributed by atoms with Gasteiger partial charge in [0.2, 0.25) is 11.9 Å². The number of carbonyl (C=O) groups is 2. The number of piperidine rings is 2. The van der Waals surface area contributed by atoms with Gasteiger partial charge in [0.1, 0.15) is 47.7 Å². The zero-order valence-corrected chi connectivity index (χ0v) is 33.0. The van der Waals surface area contributed by atoms with Gasteiger partial charge < -0.3 is 89.6 Å². The van der Waals surface area contributed by atoms with Crippen LogP contribution in [0.2, 0.25) is 0 Å². The summed E-state index contributed by atoms with van der Waals surface area (Å²) in [5, 5.41) is 101. The molecule has 4 aliphatic heterocycles. The van der Waals surface area contributed by atoms with E-state index >= 15 is 0 Å². The summed E-state index contributed by atoms with van der Waals surface area (Å²) in [6.07, 6.45) is -12.3. The molecule has 0 aliphatic carbocycles. The van der Waals surface area contributed by atoms with E-state index in [2.05, 4.69) is 9.80 Å². The van der Waals surface area contributed by atoms with Crippen LogP contribution in [0.1, 0.15) is 38.5 Å². The SMILES string of the molecule is O=C(O)[C@H]1O[C@@H](OCCN(CCO)c2nc(N3CCCCC3)c3nc(N(CCO)CCO[C@@H]4O[C@H](C(=O)O)[C@@H](O)[C@H](O)[C@H]4O)nc(N4CCCCC4)c3n2)[C@H](O)[C@@H](O)[C@@H]1O. The van der Waals surface area contributed by atoms with E-state index < -0.39 is 73.4 Å². The Bertz CT molecular complexity index is 1620. The van der Waals surface area contributed by atoms with E-state index in [1.807, 2.05) is 0 Å². The van der Waals surface area contributed by atoms with Gasteiger partial charge >= 0.3 is 11.9 Å². The molecule has 6 rings (SSSR count). The van der Waals surface area contributed by atoms with Crippen LogP contribution in [-0.2, 0) is 28.5 Å². The second kappa shape index (κ2) is 20.8. The first-order valence-corrected chi connectivity index (χ1v) is 20.2. The third kappa shape index (κ3) is 10.2. The monoisotopic (exact) mass is 856 g/mol. The van der Waals surface area contributed by atoms with E-state index in [9.17, 15) is 60.7 Å². The molecule has 2 aromatic heterocycles. The number of carboxylic acid groups (broad SMARTS) is 2. The van der Waals surface area contributed by atoms with Gasteiger partial charge in [-0.1, -0.05) is 0 Å². The second-order valence-corrected chi connectivity index (χ2v) is 15.1. The molecule has 0 spiro atoms. The molecule has 0 amide bonds. The number of rotatable bonds is 18. The zero-order valence-electron chi connectivity index (χ0n) is 33.0. The van der Waals surface area contributed by atoms with E-state index in [4.69, 9.17) is 38.9 Å². The van der Waals surface area contributed by atoms with E-state index in [1.54, 1.807) is 9.80 Å². The maximum Gasteiger partial charge on any atom is 0.335 e. The van der Waals surface area contributed by atoms with Gasteiger partial charge in [0.05, 0.1) is 26.4 Å². The Labute approximate surface area is 344 Å². The average molecular weight is 857 g/mol. The number of ether oxygens (including phenoxy) is 4. The highest BCUT2D eigenvalue weighted by molar-refractivity contribution is 5.95. The quantitative estimate of drug-likeness (QED) is 0.0680. The fraction of sp³-hybridized carbons (Fsp3) is 0.778. The van der Waals surface area contributed by atoms with Gasteiger partial charge in [0, 0.05) is 52.4 Å². The van der Waals surface area contributed by atoms with Crippen molar-refractivity contribution in [1.29, 1.82) is 0 Å². The zero-order chi connectivity index (χ0) is 43.1. The minimum atomic E-state index is -1.88. The Morgan fingerprint density at radius 3 is 1.25 bits per heavy atom. The normalized spacial score (nSPS) is 30.1. The van der Waals surface area contributed by atoms with E-state index in [-0.39, 0.29) is 64.5 Å². The number of aliphatic hydroxyl groups is 8. The molecular formula is C36H56N8O16. The molecular weight excluding hydrogens is 800 g/mol. The van der Waals surface area contributed by atoms with Gasteiger partial charge in [-0.2, -0.15) is 9.97 Å². The first-order chi connectivity index (χ1) is 28.8. The largest absolute Gasteiger partial charge is 0.479 e. The first kappa shape index (κ1) is 45.6. The highest BCUT2D eigenvalue weighted by atomic mass is 16.7. The van der Waals surface area contributed by atoms with Crippen molar-refractivity contribution < 1.29 is 79.6 Å². The van der Waals surface area contributed by atoms with Crippen molar-refractivity contribution in [2.45, 2.75) is 99.9 Å². The van der Waals surface area contributed by atoms with Crippen molar-refractivity contribution in [2.24, 2.45) is 0 Å². The van der Waals surface area contributed by atoms with Gasteiger partial charge in [-0.25, -0.2) is 19.6 Å². The number of carboxylic acids is 2. The molecule has 0 radical (unpaired) electrons. The lowest BCUT2D eigenvalue weighted by Gasteiger charge is -2.38. The van der Waals surface area contributed by atoms with Crippen LogP contribution >= 0.6 is 0 Å². The van der Waals surface area contributed by atoms with Crippen LogP contribution < -0.4 is 19.6 Å². The van der Waals surface area contributed by atoms with Gasteiger partial charge in [0.15, 0.2) is 36.4 Å². The summed E-state index contributed by atoms with van der Waals surface area (Å²) in [6, 6.07) is 0. The van der Waals surface area contributed by atoms with Gasteiger partial charge in [0.25, 0.3) is 0 Å². The van der Waals surface area contributed by atoms with Gasteiger partial charge in [-0.15, -0.1) is 0 Å². The lowest BCUT2D eigenvalue weighted by Crippen LogP contribution is -2.60. The van der Waals surface area contributed by atoms with Crippen LogP contribution in [0.15, 0.2) is 0 Å². The van der Waals surface area contributed by atoms with Crippen LogP contribution in [-0.4, -0.2) is 223 Å². The van der Waals surface area contributed by atoms with Crippen LogP contribution in [0.5, 0.6) is 0 Å². The van der Waals surface area contributed by atoms with E-state index in [0.717, 1.165) is 38.5 Å². The van der Waals surface area contributed by atoms with Gasteiger partial charge in [-0.3, -0.25) is 0 Å². The Hall–Kier alpha value is -3.92. The van der Waals surface area contributed by atoms with Crippen LogP contribution in [0, 0.1) is 0 Å². The molecule has 24 heteroatoms. The summed E-state index contributed by atoms with van der Waals surface area (Å²) < 4.78 is 21.9. The lowest BCUT2D eigenvalue weighted by molar-refractivity contribution is -0.293. The summed E-state index contributed by atoms with van der Waals surface area (Å²) in [6.45, 7) is 1.65. The molecule has 4 fully saturated rings. The Kier molecular flexibility index (Phi) is 15.8. The number of aliphatic hydroxyl groups excluding tert-OH is 8. The number of aliphatic carboxylic acids is 2. The smallest absolute Gasteiger partial charge is 0.335 e. The molecule has 24 nitrogen and oxygen atoms in total. The summed E-state index contributed by atoms with van der Waals surface area (Å²) in [7, 11) is 0. The predicted molar refractivity (Wildman–Crippen MR) is 206 cm³/mol. The summed E-state index contributed by atoms with van der Waals surface area (Å²) in [4.78, 5) is 50.6. The fourth-order valence-corrected chi connectivity index (χ4v) is 7.70. The number of nitrogens with zero attached hydrogens (tertiary/aromatic N) is 8. The van der Waals surface area contributed by atoms with Crippen LogP contribution in [0.25, 0.3) is 11.0 Å². The average Bonchev–Trinajstić information content (AvgIpc) is 3.25.